The van der Waals surface area contributed by atoms with Crippen LogP contribution in [0.5, 0.6) is 0 Å². The van der Waals surface area contributed by atoms with Crippen LogP contribution in [-0.4, -0.2) is 54.5 Å². The van der Waals surface area contributed by atoms with Gasteiger partial charge in [-0.2, -0.15) is 0 Å². The summed E-state index contributed by atoms with van der Waals surface area (Å²) < 4.78 is 13.3. The maximum absolute atomic E-state index is 5.80. The maximum atomic E-state index is 5.80. The molecule has 0 amide bonds. The van der Waals surface area contributed by atoms with Crippen molar-refractivity contribution in [1.82, 2.24) is 20.2 Å². The van der Waals surface area contributed by atoms with Crippen molar-refractivity contribution >= 4 is 5.96 Å². The average Bonchev–Trinajstić information content (AvgIpc) is 3.39. The van der Waals surface area contributed by atoms with Crippen molar-refractivity contribution in [3.63, 3.8) is 0 Å². The number of aromatic nitrogens is 2. The molecule has 3 rings (SSSR count). The summed E-state index contributed by atoms with van der Waals surface area (Å²) in [6.07, 6.45) is 6.04. The summed E-state index contributed by atoms with van der Waals surface area (Å²) in [6, 6.07) is 10.4. The fraction of sp³-hybridized carbons (Fsp3) is 0.524. The van der Waals surface area contributed by atoms with Crippen LogP contribution >= 0.6 is 0 Å². The van der Waals surface area contributed by atoms with Gasteiger partial charge in [0.05, 0.1) is 12.7 Å². The number of rotatable bonds is 10. The Balaban J connectivity index is 1.45. The van der Waals surface area contributed by atoms with Gasteiger partial charge in [-0.1, -0.05) is 30.3 Å². The largest absolute Gasteiger partial charge is 0.379 e. The van der Waals surface area contributed by atoms with Crippen LogP contribution in [-0.2, 0) is 22.6 Å². The highest BCUT2D eigenvalue weighted by Crippen LogP contribution is 2.08. The molecule has 1 fully saturated rings. The molecule has 2 aromatic rings. The van der Waals surface area contributed by atoms with Gasteiger partial charge in [0, 0.05) is 45.2 Å². The molecule has 0 aliphatic carbocycles. The lowest BCUT2D eigenvalue weighted by Gasteiger charge is -2.13. The van der Waals surface area contributed by atoms with E-state index in [4.69, 9.17) is 9.47 Å². The molecule has 7 heteroatoms. The van der Waals surface area contributed by atoms with Crippen molar-refractivity contribution in [2.75, 3.05) is 32.9 Å². The van der Waals surface area contributed by atoms with E-state index in [0.717, 1.165) is 64.1 Å². The van der Waals surface area contributed by atoms with Crippen LogP contribution in [0.4, 0.5) is 0 Å². The monoisotopic (exact) mass is 385 g/mol. The highest BCUT2D eigenvalue weighted by molar-refractivity contribution is 5.79. The van der Waals surface area contributed by atoms with Gasteiger partial charge >= 0.3 is 0 Å². The Morgan fingerprint density at radius 1 is 1.32 bits per heavy atom. The number of ether oxygens (including phenoxy) is 2. The van der Waals surface area contributed by atoms with Crippen molar-refractivity contribution in [3.05, 3.63) is 54.1 Å². The van der Waals surface area contributed by atoms with Gasteiger partial charge in [-0.25, -0.2) is 9.98 Å². The first-order chi connectivity index (χ1) is 13.8. The topological polar surface area (TPSA) is 72.7 Å². The number of aliphatic imine (C=N–C) groups is 1. The van der Waals surface area contributed by atoms with Crippen LogP contribution in [0.15, 0.2) is 47.7 Å². The summed E-state index contributed by atoms with van der Waals surface area (Å²) in [5.74, 6) is 1.76. The fourth-order valence-electron chi connectivity index (χ4n) is 3.08. The lowest BCUT2D eigenvalue weighted by molar-refractivity contribution is 0.0420. The molecule has 1 aromatic carbocycles. The highest BCUT2D eigenvalue weighted by atomic mass is 16.5. The molecule has 7 nitrogen and oxygen atoms in total. The lowest BCUT2D eigenvalue weighted by atomic mass is 10.2. The summed E-state index contributed by atoms with van der Waals surface area (Å²) in [7, 11) is 0. The predicted molar refractivity (Wildman–Crippen MR) is 110 cm³/mol. The fourth-order valence-corrected chi connectivity index (χ4v) is 3.08. The Labute approximate surface area is 167 Å². The molecule has 1 saturated heterocycles. The summed E-state index contributed by atoms with van der Waals surface area (Å²) in [4.78, 5) is 9.15. The minimum atomic E-state index is 0.269. The van der Waals surface area contributed by atoms with Gasteiger partial charge in [0.2, 0.25) is 0 Å². The standard InChI is InChI=1S/C21H31N5O2/c1-2-22-21(24-10-6-13-28-19-9-14-27-17-19)25-15-20-23-11-12-26(20)16-18-7-4-3-5-8-18/h3-5,7-8,11-12,19H,2,6,9-10,13-17H2,1H3,(H2,22,24,25). The molecule has 28 heavy (non-hydrogen) atoms. The van der Waals surface area contributed by atoms with E-state index >= 15 is 0 Å². The molecule has 1 aromatic heterocycles. The van der Waals surface area contributed by atoms with Crippen LogP contribution in [0, 0.1) is 0 Å². The van der Waals surface area contributed by atoms with E-state index in [2.05, 4.69) is 56.4 Å². The van der Waals surface area contributed by atoms with Crippen molar-refractivity contribution in [3.8, 4) is 0 Å². The van der Waals surface area contributed by atoms with E-state index in [1.165, 1.54) is 5.56 Å². The number of imidazole rings is 1. The van der Waals surface area contributed by atoms with Gasteiger partial charge in [-0.15, -0.1) is 0 Å². The summed E-state index contributed by atoms with van der Waals surface area (Å²) in [5, 5.41) is 6.66. The molecule has 2 N–H and O–H groups in total. The van der Waals surface area contributed by atoms with Crippen LogP contribution in [0.25, 0.3) is 0 Å². The Hall–Kier alpha value is -2.38. The first-order valence-electron chi connectivity index (χ1n) is 10.1. The quantitative estimate of drug-likeness (QED) is 0.373. The second-order valence-electron chi connectivity index (χ2n) is 6.79. The third kappa shape index (κ3) is 6.65. The van der Waals surface area contributed by atoms with Gasteiger partial charge in [0.25, 0.3) is 0 Å². The molecule has 0 saturated carbocycles. The van der Waals surface area contributed by atoms with E-state index in [1.54, 1.807) is 0 Å². The van der Waals surface area contributed by atoms with Crippen LogP contribution in [0.1, 0.15) is 31.2 Å². The molecule has 0 radical (unpaired) electrons. The molecule has 1 aliphatic heterocycles. The van der Waals surface area contributed by atoms with Crippen LogP contribution < -0.4 is 10.6 Å². The molecule has 152 valence electrons. The second kappa shape index (κ2) is 11.5. The van der Waals surface area contributed by atoms with E-state index in [0.29, 0.717) is 6.54 Å². The number of hydrogen-bond acceptors (Lipinski definition) is 4. The maximum Gasteiger partial charge on any atom is 0.191 e. The van der Waals surface area contributed by atoms with Crippen molar-refractivity contribution in [1.29, 1.82) is 0 Å². The summed E-state index contributed by atoms with van der Waals surface area (Å²) >= 11 is 0. The Kier molecular flexibility index (Phi) is 8.33. The number of nitrogens with zero attached hydrogens (tertiary/aromatic N) is 3. The predicted octanol–water partition coefficient (Wildman–Crippen LogP) is 2.18. The van der Waals surface area contributed by atoms with Crippen molar-refractivity contribution in [2.24, 2.45) is 4.99 Å². The zero-order chi connectivity index (χ0) is 19.4. The van der Waals surface area contributed by atoms with Gasteiger partial charge in [-0.3, -0.25) is 0 Å². The van der Waals surface area contributed by atoms with E-state index in [1.807, 2.05) is 18.5 Å². The first kappa shape index (κ1) is 20.4. The first-order valence-corrected chi connectivity index (χ1v) is 10.1. The molecule has 0 bridgehead atoms. The zero-order valence-electron chi connectivity index (χ0n) is 16.6. The molecule has 1 atom stereocenters. The molecular formula is C21H31N5O2. The molecule has 0 spiro atoms. The minimum absolute atomic E-state index is 0.269. The number of nitrogens with one attached hydrogen (secondary N) is 2. The van der Waals surface area contributed by atoms with Gasteiger partial charge in [-0.05, 0) is 25.3 Å². The van der Waals surface area contributed by atoms with E-state index < -0.39 is 0 Å². The van der Waals surface area contributed by atoms with Crippen LogP contribution in [0.2, 0.25) is 0 Å². The van der Waals surface area contributed by atoms with Crippen molar-refractivity contribution < 1.29 is 9.47 Å². The number of benzene rings is 1. The SMILES string of the molecule is CCNC(=NCc1nccn1Cc1ccccc1)NCCCOC1CCOC1. The summed E-state index contributed by atoms with van der Waals surface area (Å²) in [6.45, 7) is 7.33. The Bertz CT molecular complexity index is 711. The lowest BCUT2D eigenvalue weighted by Crippen LogP contribution is -2.38. The highest BCUT2D eigenvalue weighted by Gasteiger charge is 2.15. The van der Waals surface area contributed by atoms with Crippen LogP contribution in [0.3, 0.4) is 0 Å². The number of guanidine groups is 1. The Morgan fingerprint density at radius 2 is 2.21 bits per heavy atom. The van der Waals surface area contributed by atoms with Gasteiger partial charge in [0.15, 0.2) is 5.96 Å². The third-order valence-electron chi connectivity index (χ3n) is 4.58. The average molecular weight is 386 g/mol. The minimum Gasteiger partial charge on any atom is -0.379 e. The molecule has 1 aliphatic rings. The molecule has 2 heterocycles. The third-order valence-corrected chi connectivity index (χ3v) is 4.58. The van der Waals surface area contributed by atoms with E-state index in [-0.39, 0.29) is 6.10 Å². The summed E-state index contributed by atoms with van der Waals surface area (Å²) in [5.41, 5.74) is 1.25. The second-order valence-corrected chi connectivity index (χ2v) is 6.79. The molecular weight excluding hydrogens is 354 g/mol. The Morgan fingerprint density at radius 3 is 3.00 bits per heavy atom. The normalized spacial score (nSPS) is 17.0. The smallest absolute Gasteiger partial charge is 0.191 e. The zero-order valence-corrected chi connectivity index (χ0v) is 16.6. The number of hydrogen-bond donors (Lipinski definition) is 2. The van der Waals surface area contributed by atoms with Crippen molar-refractivity contribution in [2.45, 2.75) is 39.0 Å². The van der Waals surface area contributed by atoms with E-state index in [9.17, 15) is 0 Å². The van der Waals surface area contributed by atoms with Gasteiger partial charge in [0.1, 0.15) is 12.4 Å². The molecule has 1 unspecified atom stereocenters. The van der Waals surface area contributed by atoms with Gasteiger partial charge < -0.3 is 24.7 Å².